The van der Waals surface area contributed by atoms with Crippen LogP contribution in [0.15, 0.2) is 110 Å². The molecule has 0 bridgehead atoms. The lowest BCUT2D eigenvalue weighted by Crippen LogP contribution is -2.12. The number of ether oxygens (including phenoxy) is 1. The van der Waals surface area contributed by atoms with E-state index < -0.39 is 0 Å². The van der Waals surface area contributed by atoms with Crippen LogP contribution in [0.25, 0.3) is 44.4 Å². The van der Waals surface area contributed by atoms with Crippen molar-refractivity contribution in [2.45, 2.75) is 60.3 Å². The van der Waals surface area contributed by atoms with Crippen LogP contribution in [-0.4, -0.2) is 19.3 Å². The molecule has 0 fully saturated rings. The second-order valence-electron chi connectivity index (χ2n) is 14.2. The number of benzene rings is 4. The maximum absolute atomic E-state index is 6.69. The van der Waals surface area contributed by atoms with Crippen molar-refractivity contribution in [1.29, 1.82) is 0 Å². The van der Waals surface area contributed by atoms with Gasteiger partial charge in [-0.05, 0) is 102 Å². The summed E-state index contributed by atoms with van der Waals surface area (Å²) in [6.45, 7) is 15.5. The third-order valence-electron chi connectivity index (χ3n) is 8.93. The van der Waals surface area contributed by atoms with Crippen LogP contribution in [0, 0.1) is 19.8 Å². The molecule has 0 saturated heterocycles. The van der Waals surface area contributed by atoms with Crippen LogP contribution >= 0.6 is 0 Å². The zero-order valence-electron chi connectivity index (χ0n) is 28.4. The number of fused-ring (bicyclic) bond motifs is 3. The third-order valence-corrected chi connectivity index (χ3v) is 8.93. The van der Waals surface area contributed by atoms with Crippen LogP contribution in [0.4, 0.5) is 0 Å². The second-order valence-corrected chi connectivity index (χ2v) is 14.2. The van der Waals surface area contributed by atoms with E-state index in [0.717, 1.165) is 46.0 Å². The molecule has 0 saturated carbocycles. The van der Waals surface area contributed by atoms with Gasteiger partial charge in [0.15, 0.2) is 0 Å². The highest BCUT2D eigenvalue weighted by molar-refractivity contribution is 6.09. The standard InChI is InChI=1S/C42H42N4O/c1-27(2)19-30-20-33(45-26-31(25-44-45)41-28(3)11-10-12-29(41)4)23-35(21-30)47-34-15-16-37-36-13-8-9-14-38(36)46(39(37)24-34)40-22-32(17-18-43-40)42(5,6)7/h8-18,20-27H,19H2,1-7H3. The van der Waals surface area contributed by atoms with Gasteiger partial charge in [-0.15, -0.1) is 0 Å². The van der Waals surface area contributed by atoms with Gasteiger partial charge < -0.3 is 4.74 Å². The smallest absolute Gasteiger partial charge is 0.137 e. The van der Waals surface area contributed by atoms with Crippen molar-refractivity contribution < 1.29 is 4.74 Å². The van der Waals surface area contributed by atoms with Gasteiger partial charge in [0.25, 0.3) is 0 Å². The Bertz CT molecular complexity index is 2230. The van der Waals surface area contributed by atoms with Crippen molar-refractivity contribution in [3.63, 3.8) is 0 Å². The van der Waals surface area contributed by atoms with Crippen LogP contribution in [0.2, 0.25) is 0 Å². The van der Waals surface area contributed by atoms with Gasteiger partial charge in [-0.1, -0.05) is 71.0 Å². The van der Waals surface area contributed by atoms with E-state index in [2.05, 4.69) is 150 Å². The van der Waals surface area contributed by atoms with Crippen molar-refractivity contribution in [1.82, 2.24) is 19.3 Å². The Morgan fingerprint density at radius 2 is 1.53 bits per heavy atom. The second kappa shape index (κ2) is 11.9. The van der Waals surface area contributed by atoms with Gasteiger partial charge in [-0.3, -0.25) is 4.57 Å². The topological polar surface area (TPSA) is 44.9 Å². The average molecular weight is 619 g/mol. The molecule has 236 valence electrons. The van der Waals surface area contributed by atoms with Crippen molar-refractivity contribution in [2.24, 2.45) is 5.92 Å². The Labute approximate surface area is 277 Å². The number of para-hydroxylation sites is 1. The number of nitrogens with zero attached hydrogens (tertiary/aromatic N) is 4. The molecule has 5 nitrogen and oxygen atoms in total. The predicted octanol–water partition coefficient (Wildman–Crippen LogP) is 10.9. The number of hydrogen-bond acceptors (Lipinski definition) is 3. The summed E-state index contributed by atoms with van der Waals surface area (Å²) in [6, 6.07) is 32.1. The number of pyridine rings is 1. The quantitative estimate of drug-likeness (QED) is 0.178. The summed E-state index contributed by atoms with van der Waals surface area (Å²) < 4.78 is 10.9. The normalized spacial score (nSPS) is 12.0. The van der Waals surface area contributed by atoms with Gasteiger partial charge in [0, 0.05) is 40.9 Å². The summed E-state index contributed by atoms with van der Waals surface area (Å²) in [5, 5.41) is 7.16. The largest absolute Gasteiger partial charge is 0.457 e. The highest BCUT2D eigenvalue weighted by atomic mass is 16.5. The van der Waals surface area contributed by atoms with E-state index in [4.69, 9.17) is 14.8 Å². The Morgan fingerprint density at radius 3 is 2.30 bits per heavy atom. The van der Waals surface area contributed by atoms with Gasteiger partial charge in [0.2, 0.25) is 0 Å². The first kappa shape index (κ1) is 30.5. The first-order chi connectivity index (χ1) is 22.5. The lowest BCUT2D eigenvalue weighted by molar-refractivity contribution is 0.481. The molecule has 4 aromatic carbocycles. The van der Waals surface area contributed by atoms with E-state index in [9.17, 15) is 0 Å². The maximum atomic E-state index is 6.69. The highest BCUT2D eigenvalue weighted by Crippen LogP contribution is 2.36. The lowest BCUT2D eigenvalue weighted by Gasteiger charge is -2.20. The van der Waals surface area contributed by atoms with Crippen molar-refractivity contribution in [3.05, 3.63) is 132 Å². The van der Waals surface area contributed by atoms with E-state index >= 15 is 0 Å². The molecule has 5 heteroatoms. The van der Waals surface area contributed by atoms with E-state index in [1.807, 2.05) is 17.1 Å². The molecule has 0 aliphatic rings. The fourth-order valence-corrected chi connectivity index (χ4v) is 6.69. The monoisotopic (exact) mass is 618 g/mol. The molecule has 0 amide bonds. The van der Waals surface area contributed by atoms with Gasteiger partial charge in [-0.2, -0.15) is 5.10 Å². The molecule has 0 N–H and O–H groups in total. The molecular formula is C42H42N4O. The Balaban J connectivity index is 1.31. The molecular weight excluding hydrogens is 576 g/mol. The summed E-state index contributed by atoms with van der Waals surface area (Å²) in [5.41, 5.74) is 10.5. The molecule has 47 heavy (non-hydrogen) atoms. The van der Waals surface area contributed by atoms with Gasteiger partial charge in [-0.25, -0.2) is 9.67 Å². The van der Waals surface area contributed by atoms with E-state index in [-0.39, 0.29) is 5.41 Å². The summed E-state index contributed by atoms with van der Waals surface area (Å²) >= 11 is 0. The van der Waals surface area contributed by atoms with E-state index in [1.54, 1.807) is 0 Å². The fraction of sp³-hybridized carbons (Fsp3) is 0.238. The van der Waals surface area contributed by atoms with Crippen LogP contribution in [0.3, 0.4) is 0 Å². The summed E-state index contributed by atoms with van der Waals surface area (Å²) in [5.74, 6) is 2.97. The minimum atomic E-state index is 0.0114. The van der Waals surface area contributed by atoms with Crippen LogP contribution < -0.4 is 4.74 Å². The molecule has 0 spiro atoms. The molecule has 0 aliphatic carbocycles. The van der Waals surface area contributed by atoms with Gasteiger partial charge in [0.05, 0.1) is 22.9 Å². The molecule has 3 aromatic heterocycles. The van der Waals surface area contributed by atoms with Crippen molar-refractivity contribution in [3.8, 4) is 34.1 Å². The summed E-state index contributed by atoms with van der Waals surface area (Å²) in [7, 11) is 0. The summed E-state index contributed by atoms with van der Waals surface area (Å²) in [4.78, 5) is 4.84. The Hall–Kier alpha value is -5.16. The number of hydrogen-bond donors (Lipinski definition) is 0. The molecule has 0 atom stereocenters. The molecule has 0 radical (unpaired) electrons. The molecule has 0 aliphatic heterocycles. The average Bonchev–Trinajstić information content (AvgIpc) is 3.63. The van der Waals surface area contributed by atoms with Crippen LogP contribution in [0.5, 0.6) is 11.5 Å². The van der Waals surface area contributed by atoms with Crippen LogP contribution in [-0.2, 0) is 11.8 Å². The first-order valence-corrected chi connectivity index (χ1v) is 16.5. The van der Waals surface area contributed by atoms with Crippen molar-refractivity contribution >= 4 is 21.8 Å². The first-order valence-electron chi connectivity index (χ1n) is 16.5. The number of rotatable bonds is 7. The van der Waals surface area contributed by atoms with E-state index in [0.29, 0.717) is 5.92 Å². The zero-order valence-corrected chi connectivity index (χ0v) is 28.4. The Kier molecular flexibility index (Phi) is 7.71. The highest BCUT2D eigenvalue weighted by Gasteiger charge is 2.19. The summed E-state index contributed by atoms with van der Waals surface area (Å²) in [6.07, 6.45) is 6.94. The van der Waals surface area contributed by atoms with Gasteiger partial charge in [0.1, 0.15) is 17.3 Å². The minimum absolute atomic E-state index is 0.0114. The predicted molar refractivity (Wildman–Crippen MR) is 194 cm³/mol. The van der Waals surface area contributed by atoms with Crippen molar-refractivity contribution in [2.75, 3.05) is 0 Å². The molecule has 0 unspecified atom stereocenters. The SMILES string of the molecule is Cc1cccc(C)c1-c1cnn(-c2cc(CC(C)C)cc(Oc3ccc4c5ccccc5n(-c5cc(C(C)(C)C)ccn5)c4c3)c2)c1. The zero-order chi connectivity index (χ0) is 32.9. The third kappa shape index (κ3) is 5.94. The van der Waals surface area contributed by atoms with Crippen LogP contribution in [0.1, 0.15) is 56.9 Å². The molecule has 7 rings (SSSR count). The Morgan fingerprint density at radius 1 is 0.766 bits per heavy atom. The molecule has 7 aromatic rings. The fourth-order valence-electron chi connectivity index (χ4n) is 6.69. The minimum Gasteiger partial charge on any atom is -0.457 e. The van der Waals surface area contributed by atoms with Gasteiger partial charge >= 0.3 is 0 Å². The number of aryl methyl sites for hydroxylation is 2. The maximum Gasteiger partial charge on any atom is 0.137 e. The number of aromatic nitrogens is 4. The van der Waals surface area contributed by atoms with E-state index in [1.165, 1.54) is 38.6 Å². The molecule has 3 heterocycles. The lowest BCUT2D eigenvalue weighted by atomic mass is 9.88.